The molecule has 0 N–H and O–H groups in total. The van der Waals surface area contributed by atoms with E-state index in [1.807, 2.05) is 20.8 Å². The van der Waals surface area contributed by atoms with Crippen LogP contribution in [0.15, 0.2) is 11.0 Å². The predicted molar refractivity (Wildman–Crippen MR) is 61.3 cm³/mol. The highest BCUT2D eigenvalue weighted by molar-refractivity contribution is 7.86. The second kappa shape index (κ2) is 4.78. The normalized spacial score (nSPS) is 13.3. The van der Waals surface area contributed by atoms with E-state index in [4.69, 9.17) is 9.47 Å². The van der Waals surface area contributed by atoms with Crippen LogP contribution in [0.4, 0.5) is 0 Å². The molecule has 0 radical (unpaired) electrons. The van der Waals surface area contributed by atoms with Crippen LogP contribution in [-0.4, -0.2) is 33.4 Å². The molecule has 16 heavy (non-hydrogen) atoms. The minimum absolute atomic E-state index is 0.272. The lowest BCUT2D eigenvalue weighted by atomic mass is 10.3. The summed E-state index contributed by atoms with van der Waals surface area (Å²) in [5.74, 6) is 0.599. The summed E-state index contributed by atoms with van der Waals surface area (Å²) >= 11 is 0. The van der Waals surface area contributed by atoms with E-state index in [-0.39, 0.29) is 10.6 Å². The fourth-order valence-electron chi connectivity index (χ4n) is 1.05. The summed E-state index contributed by atoms with van der Waals surface area (Å²) in [5.41, 5.74) is 0. The zero-order chi connectivity index (χ0) is 12.3. The number of nitrogens with zero attached hydrogens (tertiary/aromatic N) is 2. The van der Waals surface area contributed by atoms with Gasteiger partial charge in [-0.05, 0) is 20.8 Å². The van der Waals surface area contributed by atoms with E-state index in [0.717, 1.165) is 0 Å². The van der Waals surface area contributed by atoms with Crippen LogP contribution in [-0.2, 0) is 10.8 Å². The van der Waals surface area contributed by atoms with Gasteiger partial charge >= 0.3 is 0 Å². The number of hydrogen-bond donors (Lipinski definition) is 0. The van der Waals surface area contributed by atoms with Crippen LogP contribution in [0.25, 0.3) is 0 Å². The van der Waals surface area contributed by atoms with Gasteiger partial charge in [-0.3, -0.25) is 4.21 Å². The zero-order valence-electron chi connectivity index (χ0n) is 10.1. The van der Waals surface area contributed by atoms with Crippen molar-refractivity contribution in [1.29, 1.82) is 0 Å². The molecule has 1 atom stereocenters. The van der Waals surface area contributed by atoms with E-state index >= 15 is 0 Å². The topological polar surface area (TPSA) is 61.3 Å². The molecule has 1 unspecified atom stereocenters. The van der Waals surface area contributed by atoms with Crippen molar-refractivity contribution in [2.45, 2.75) is 30.4 Å². The fourth-order valence-corrected chi connectivity index (χ4v) is 2.20. The first-order chi connectivity index (χ1) is 7.40. The minimum atomic E-state index is -1.23. The van der Waals surface area contributed by atoms with E-state index in [1.165, 1.54) is 14.2 Å². The average Bonchev–Trinajstić information content (AvgIpc) is 2.25. The molecule has 1 heterocycles. The molecule has 0 saturated carbocycles. The Labute approximate surface area is 97.6 Å². The Bertz CT molecular complexity index is 402. The summed E-state index contributed by atoms with van der Waals surface area (Å²) in [6, 6.07) is 1.59. The second-order valence-electron chi connectivity index (χ2n) is 4.14. The third kappa shape index (κ3) is 2.69. The highest BCUT2D eigenvalue weighted by Gasteiger charge is 2.26. The molecule has 0 aliphatic heterocycles. The Morgan fingerprint density at radius 2 is 1.81 bits per heavy atom. The number of rotatable bonds is 3. The number of hydrogen-bond acceptors (Lipinski definition) is 5. The van der Waals surface area contributed by atoms with Crippen molar-refractivity contribution in [1.82, 2.24) is 10.2 Å². The Morgan fingerprint density at radius 1 is 1.19 bits per heavy atom. The number of methoxy groups -OCH3 is 2. The van der Waals surface area contributed by atoms with Gasteiger partial charge in [-0.2, -0.15) is 0 Å². The molecule has 5 nitrogen and oxygen atoms in total. The lowest BCUT2D eigenvalue weighted by Gasteiger charge is -2.18. The van der Waals surface area contributed by atoms with Gasteiger partial charge in [0.15, 0.2) is 0 Å². The number of aromatic nitrogens is 2. The van der Waals surface area contributed by atoms with Gasteiger partial charge < -0.3 is 9.47 Å². The van der Waals surface area contributed by atoms with Crippen molar-refractivity contribution < 1.29 is 13.7 Å². The summed E-state index contributed by atoms with van der Waals surface area (Å²) in [5, 5.41) is 7.57. The Kier molecular flexibility index (Phi) is 3.85. The van der Waals surface area contributed by atoms with Crippen molar-refractivity contribution in [2.24, 2.45) is 0 Å². The van der Waals surface area contributed by atoms with Gasteiger partial charge in [0.25, 0.3) is 0 Å². The van der Waals surface area contributed by atoms with Crippen LogP contribution in [0, 0.1) is 0 Å². The molecule has 1 aromatic rings. The Hall–Kier alpha value is -1.17. The van der Waals surface area contributed by atoms with E-state index in [9.17, 15) is 4.21 Å². The van der Waals surface area contributed by atoms with Crippen molar-refractivity contribution in [3.8, 4) is 11.8 Å². The second-order valence-corrected chi connectivity index (χ2v) is 6.34. The quantitative estimate of drug-likeness (QED) is 0.804. The monoisotopic (exact) mass is 244 g/mol. The smallest absolute Gasteiger partial charge is 0.249 e. The first kappa shape index (κ1) is 12.9. The molecule has 0 spiro atoms. The Morgan fingerprint density at radius 3 is 2.25 bits per heavy atom. The molecule has 0 bridgehead atoms. The summed E-state index contributed by atoms with van der Waals surface area (Å²) in [7, 11) is 1.73. The lowest BCUT2D eigenvalue weighted by Crippen LogP contribution is -2.22. The maximum Gasteiger partial charge on any atom is 0.249 e. The third-order valence-corrected chi connectivity index (χ3v) is 3.67. The molecular weight excluding hydrogens is 228 g/mol. The molecule has 0 aliphatic rings. The molecule has 0 aromatic carbocycles. The predicted octanol–water partition coefficient (Wildman–Crippen LogP) is 1.40. The van der Waals surface area contributed by atoms with Crippen LogP contribution in [0.3, 0.4) is 0 Å². The van der Waals surface area contributed by atoms with E-state index in [2.05, 4.69) is 10.2 Å². The Balaban J connectivity index is 3.24. The molecule has 0 saturated heterocycles. The standard InChI is InChI=1S/C10H16N2O3S/c1-10(2,3)16(13)7-6-8(14-4)11-12-9(7)15-5/h6H,1-5H3. The molecular formula is C10H16N2O3S. The first-order valence-electron chi connectivity index (χ1n) is 4.77. The minimum Gasteiger partial charge on any atom is -0.480 e. The molecule has 6 heteroatoms. The SMILES string of the molecule is COc1cc(S(=O)C(C)(C)C)c(OC)nn1. The molecule has 90 valence electrons. The van der Waals surface area contributed by atoms with Crippen molar-refractivity contribution in [2.75, 3.05) is 14.2 Å². The van der Waals surface area contributed by atoms with Crippen LogP contribution in [0.1, 0.15) is 20.8 Å². The van der Waals surface area contributed by atoms with Gasteiger partial charge in [0.2, 0.25) is 11.8 Å². The zero-order valence-corrected chi connectivity index (χ0v) is 10.9. The molecule has 0 amide bonds. The van der Waals surface area contributed by atoms with Gasteiger partial charge in [-0.1, -0.05) is 0 Å². The summed E-state index contributed by atoms with van der Waals surface area (Å²) in [6.45, 7) is 5.65. The summed E-state index contributed by atoms with van der Waals surface area (Å²) in [4.78, 5) is 0.502. The summed E-state index contributed by atoms with van der Waals surface area (Å²) in [6.07, 6.45) is 0. The van der Waals surface area contributed by atoms with Crippen molar-refractivity contribution in [3.05, 3.63) is 6.07 Å². The molecule has 0 fully saturated rings. The van der Waals surface area contributed by atoms with Gasteiger partial charge in [-0.15, -0.1) is 10.2 Å². The van der Waals surface area contributed by atoms with Crippen LogP contribution >= 0.6 is 0 Å². The highest BCUT2D eigenvalue weighted by Crippen LogP contribution is 2.28. The van der Waals surface area contributed by atoms with Gasteiger partial charge in [0.05, 0.1) is 25.0 Å². The molecule has 0 aliphatic carbocycles. The molecule has 1 rings (SSSR count). The highest BCUT2D eigenvalue weighted by atomic mass is 32.2. The van der Waals surface area contributed by atoms with Crippen LogP contribution < -0.4 is 9.47 Å². The van der Waals surface area contributed by atoms with E-state index in [1.54, 1.807) is 6.07 Å². The number of ether oxygens (including phenoxy) is 2. The van der Waals surface area contributed by atoms with Crippen molar-refractivity contribution >= 4 is 10.8 Å². The van der Waals surface area contributed by atoms with Gasteiger partial charge in [0.1, 0.15) is 4.90 Å². The average molecular weight is 244 g/mol. The van der Waals surface area contributed by atoms with Crippen LogP contribution in [0.2, 0.25) is 0 Å². The van der Waals surface area contributed by atoms with Crippen molar-refractivity contribution in [3.63, 3.8) is 0 Å². The van der Waals surface area contributed by atoms with Gasteiger partial charge in [-0.25, -0.2) is 0 Å². The maximum atomic E-state index is 12.2. The first-order valence-corrected chi connectivity index (χ1v) is 5.92. The fraction of sp³-hybridized carbons (Fsp3) is 0.600. The maximum absolute atomic E-state index is 12.2. The van der Waals surface area contributed by atoms with E-state index in [0.29, 0.717) is 10.8 Å². The largest absolute Gasteiger partial charge is 0.480 e. The van der Waals surface area contributed by atoms with Crippen LogP contribution in [0.5, 0.6) is 11.8 Å². The third-order valence-electron chi connectivity index (χ3n) is 1.86. The molecule has 1 aromatic heterocycles. The van der Waals surface area contributed by atoms with E-state index < -0.39 is 10.8 Å². The summed E-state index contributed by atoms with van der Waals surface area (Å²) < 4.78 is 21.8. The van der Waals surface area contributed by atoms with Gasteiger partial charge in [0, 0.05) is 10.8 Å². The lowest BCUT2D eigenvalue weighted by molar-refractivity contribution is 0.357.